The second kappa shape index (κ2) is 7.62. The van der Waals surface area contributed by atoms with E-state index in [0.29, 0.717) is 10.5 Å². The van der Waals surface area contributed by atoms with Crippen LogP contribution in [0.5, 0.6) is 0 Å². The predicted octanol–water partition coefficient (Wildman–Crippen LogP) is 3.24. The van der Waals surface area contributed by atoms with Crippen molar-refractivity contribution in [1.82, 2.24) is 10.6 Å². The van der Waals surface area contributed by atoms with E-state index in [1.165, 1.54) is 31.7 Å². The summed E-state index contributed by atoms with van der Waals surface area (Å²) in [6, 6.07) is 5.69. The van der Waals surface area contributed by atoms with Crippen LogP contribution in [-0.2, 0) is 6.42 Å². The van der Waals surface area contributed by atoms with E-state index >= 15 is 0 Å². The van der Waals surface area contributed by atoms with Crippen LogP contribution in [-0.4, -0.2) is 25.6 Å². The number of nitrogens with zero attached hydrogens (tertiary/aromatic N) is 1. The molecule has 0 spiro atoms. The molecule has 1 aliphatic rings. The SMILES string of the molecule is CN=C(NCCc1ccc(F)c(Br)c1)NC1CCCC1. The van der Waals surface area contributed by atoms with Gasteiger partial charge in [-0.05, 0) is 52.9 Å². The molecule has 0 aliphatic heterocycles. The lowest BCUT2D eigenvalue weighted by atomic mass is 10.1. The van der Waals surface area contributed by atoms with Gasteiger partial charge in [0.05, 0.1) is 4.47 Å². The van der Waals surface area contributed by atoms with Gasteiger partial charge in [0.25, 0.3) is 0 Å². The van der Waals surface area contributed by atoms with E-state index < -0.39 is 0 Å². The fourth-order valence-corrected chi connectivity index (χ4v) is 2.90. The second-order valence-electron chi connectivity index (χ2n) is 5.12. The summed E-state index contributed by atoms with van der Waals surface area (Å²) in [4.78, 5) is 4.24. The van der Waals surface area contributed by atoms with Crippen LogP contribution in [0.15, 0.2) is 27.7 Å². The lowest BCUT2D eigenvalue weighted by molar-refractivity contribution is 0.612. The zero-order chi connectivity index (χ0) is 14.4. The fourth-order valence-electron chi connectivity index (χ4n) is 2.48. The molecule has 3 nitrogen and oxygen atoms in total. The van der Waals surface area contributed by atoms with Gasteiger partial charge < -0.3 is 10.6 Å². The van der Waals surface area contributed by atoms with Crippen LogP contribution in [0.1, 0.15) is 31.2 Å². The molecule has 0 bridgehead atoms. The van der Waals surface area contributed by atoms with E-state index in [0.717, 1.165) is 24.5 Å². The van der Waals surface area contributed by atoms with Crippen molar-refractivity contribution >= 4 is 21.9 Å². The Morgan fingerprint density at radius 2 is 2.15 bits per heavy atom. The van der Waals surface area contributed by atoms with E-state index in [4.69, 9.17) is 0 Å². The highest BCUT2D eigenvalue weighted by atomic mass is 79.9. The quantitative estimate of drug-likeness (QED) is 0.651. The van der Waals surface area contributed by atoms with Crippen LogP contribution in [0.3, 0.4) is 0 Å². The predicted molar refractivity (Wildman–Crippen MR) is 84.6 cm³/mol. The summed E-state index contributed by atoms with van der Waals surface area (Å²) >= 11 is 3.21. The van der Waals surface area contributed by atoms with Crippen LogP contribution in [0.4, 0.5) is 4.39 Å². The van der Waals surface area contributed by atoms with Gasteiger partial charge in [-0.2, -0.15) is 0 Å². The number of rotatable bonds is 4. The van der Waals surface area contributed by atoms with Crippen molar-refractivity contribution in [3.05, 3.63) is 34.1 Å². The van der Waals surface area contributed by atoms with Crippen LogP contribution < -0.4 is 10.6 Å². The molecule has 110 valence electrons. The second-order valence-corrected chi connectivity index (χ2v) is 5.98. The third-order valence-electron chi connectivity index (χ3n) is 3.61. The van der Waals surface area contributed by atoms with Crippen molar-refractivity contribution in [2.45, 2.75) is 38.1 Å². The van der Waals surface area contributed by atoms with Crippen molar-refractivity contribution in [3.8, 4) is 0 Å². The maximum absolute atomic E-state index is 13.1. The average Bonchev–Trinajstić information content (AvgIpc) is 2.94. The number of nitrogens with one attached hydrogen (secondary N) is 2. The first-order valence-electron chi connectivity index (χ1n) is 7.10. The Balaban J connectivity index is 1.77. The van der Waals surface area contributed by atoms with Gasteiger partial charge in [0.15, 0.2) is 5.96 Å². The summed E-state index contributed by atoms with van der Waals surface area (Å²) in [6.45, 7) is 0.782. The van der Waals surface area contributed by atoms with Gasteiger partial charge in [0.2, 0.25) is 0 Å². The normalized spacial score (nSPS) is 16.4. The van der Waals surface area contributed by atoms with Gasteiger partial charge in [-0.25, -0.2) is 4.39 Å². The summed E-state index contributed by atoms with van der Waals surface area (Å²) in [5, 5.41) is 6.75. The Hall–Kier alpha value is -1.10. The summed E-state index contributed by atoms with van der Waals surface area (Å²) in [5.74, 6) is 0.637. The summed E-state index contributed by atoms with van der Waals surface area (Å²) in [6.07, 6.45) is 5.90. The minimum absolute atomic E-state index is 0.222. The topological polar surface area (TPSA) is 36.4 Å². The van der Waals surface area contributed by atoms with Crippen LogP contribution in [0.25, 0.3) is 0 Å². The molecule has 0 saturated heterocycles. The Morgan fingerprint density at radius 3 is 2.80 bits per heavy atom. The number of guanidine groups is 1. The molecule has 2 N–H and O–H groups in total. The maximum Gasteiger partial charge on any atom is 0.191 e. The molecule has 0 atom stereocenters. The third kappa shape index (κ3) is 4.47. The van der Waals surface area contributed by atoms with E-state index in [-0.39, 0.29) is 5.82 Å². The summed E-state index contributed by atoms with van der Waals surface area (Å²) in [7, 11) is 1.79. The Morgan fingerprint density at radius 1 is 1.40 bits per heavy atom. The number of hydrogen-bond donors (Lipinski definition) is 2. The van der Waals surface area contributed by atoms with Gasteiger partial charge in [0.1, 0.15) is 5.82 Å². The largest absolute Gasteiger partial charge is 0.356 e. The smallest absolute Gasteiger partial charge is 0.191 e. The van der Waals surface area contributed by atoms with Crippen molar-refractivity contribution < 1.29 is 4.39 Å². The van der Waals surface area contributed by atoms with E-state index in [1.54, 1.807) is 7.05 Å². The molecule has 5 heteroatoms. The Kier molecular flexibility index (Phi) is 5.83. The molecule has 1 fully saturated rings. The molecule has 20 heavy (non-hydrogen) atoms. The summed E-state index contributed by atoms with van der Waals surface area (Å²) in [5.41, 5.74) is 1.10. The van der Waals surface area contributed by atoms with Crippen molar-refractivity contribution in [3.63, 3.8) is 0 Å². The zero-order valence-corrected chi connectivity index (χ0v) is 13.3. The number of aliphatic imine (C=N–C) groups is 1. The fraction of sp³-hybridized carbons (Fsp3) is 0.533. The van der Waals surface area contributed by atoms with Crippen LogP contribution in [0.2, 0.25) is 0 Å². The molecule has 0 radical (unpaired) electrons. The first-order valence-corrected chi connectivity index (χ1v) is 7.89. The van der Waals surface area contributed by atoms with Gasteiger partial charge in [-0.3, -0.25) is 4.99 Å². The minimum atomic E-state index is -0.222. The first kappa shape index (κ1) is 15.3. The number of halogens is 2. The lowest BCUT2D eigenvalue weighted by Gasteiger charge is -2.16. The average molecular weight is 342 g/mol. The monoisotopic (exact) mass is 341 g/mol. The minimum Gasteiger partial charge on any atom is -0.356 e. The molecule has 0 aromatic heterocycles. The highest BCUT2D eigenvalue weighted by Crippen LogP contribution is 2.18. The number of benzene rings is 1. The van der Waals surface area contributed by atoms with E-state index in [2.05, 4.69) is 31.6 Å². The molecule has 1 aliphatic carbocycles. The van der Waals surface area contributed by atoms with Crippen molar-refractivity contribution in [2.75, 3.05) is 13.6 Å². The van der Waals surface area contributed by atoms with Crippen molar-refractivity contribution in [1.29, 1.82) is 0 Å². The Labute approximate surface area is 128 Å². The first-order chi connectivity index (χ1) is 9.69. The summed E-state index contributed by atoms with van der Waals surface area (Å²) < 4.78 is 13.7. The van der Waals surface area contributed by atoms with Gasteiger partial charge >= 0.3 is 0 Å². The molecule has 0 heterocycles. The Bertz CT molecular complexity index is 470. The molecule has 1 saturated carbocycles. The molecule has 0 unspecified atom stereocenters. The van der Waals surface area contributed by atoms with Crippen LogP contribution in [0, 0.1) is 5.82 Å². The lowest BCUT2D eigenvalue weighted by Crippen LogP contribution is -2.42. The third-order valence-corrected chi connectivity index (χ3v) is 4.22. The molecule has 0 amide bonds. The number of hydrogen-bond acceptors (Lipinski definition) is 1. The van der Waals surface area contributed by atoms with E-state index in [1.807, 2.05) is 12.1 Å². The van der Waals surface area contributed by atoms with Crippen LogP contribution >= 0.6 is 15.9 Å². The molecule has 1 aromatic rings. The highest BCUT2D eigenvalue weighted by molar-refractivity contribution is 9.10. The van der Waals surface area contributed by atoms with E-state index in [9.17, 15) is 4.39 Å². The molecule has 2 rings (SSSR count). The highest BCUT2D eigenvalue weighted by Gasteiger charge is 2.15. The maximum atomic E-state index is 13.1. The molecule has 1 aromatic carbocycles. The van der Waals surface area contributed by atoms with Gasteiger partial charge in [0, 0.05) is 19.6 Å². The molecular weight excluding hydrogens is 321 g/mol. The van der Waals surface area contributed by atoms with Gasteiger partial charge in [-0.1, -0.05) is 18.9 Å². The zero-order valence-electron chi connectivity index (χ0n) is 11.8. The molecular formula is C15H21BrFN3. The standard InChI is InChI=1S/C15H21BrFN3/c1-18-15(20-12-4-2-3-5-12)19-9-8-11-6-7-14(17)13(16)10-11/h6-7,10,12H,2-5,8-9H2,1H3,(H2,18,19,20). The van der Waals surface area contributed by atoms with Gasteiger partial charge in [-0.15, -0.1) is 0 Å². The van der Waals surface area contributed by atoms with Crippen molar-refractivity contribution in [2.24, 2.45) is 4.99 Å².